The molecule has 0 aliphatic rings. The number of nitrogens with zero attached hydrogens (tertiary/aromatic N) is 1. The normalized spacial score (nSPS) is 13.6. The molecule has 0 bridgehead atoms. The second kappa shape index (κ2) is 3.93. The second-order valence-corrected chi connectivity index (χ2v) is 1.91. The average molecular weight is 142 g/mol. The molecule has 0 amide bonds. The van der Waals surface area contributed by atoms with Crippen LogP contribution in [0.3, 0.4) is 0 Å². The molecule has 0 heterocycles. The summed E-state index contributed by atoms with van der Waals surface area (Å²) >= 11 is 0. The van der Waals surface area contributed by atoms with Crippen molar-refractivity contribution >= 4 is 11.9 Å². The highest BCUT2D eigenvalue weighted by molar-refractivity contribution is 5.94. The lowest BCUT2D eigenvalue weighted by Gasteiger charge is -1.94. The Kier molecular flexibility index (Phi) is 3.54. The Hall–Kier alpha value is -0.990. The van der Waals surface area contributed by atoms with Crippen molar-refractivity contribution < 1.29 is 4.39 Å². The zero-order valence-corrected chi connectivity index (χ0v) is 6.40. The topological polar surface area (TPSA) is 36.2 Å². The molecule has 0 aromatic carbocycles. The number of halogens is 1. The fourth-order valence-corrected chi connectivity index (χ4v) is 0.522. The van der Waals surface area contributed by atoms with Gasteiger partial charge in [-0.2, -0.15) is 0 Å². The van der Waals surface area contributed by atoms with Crippen LogP contribution in [0.2, 0.25) is 0 Å². The van der Waals surface area contributed by atoms with E-state index in [1.165, 1.54) is 20.1 Å². The molecule has 0 aromatic heterocycles. The van der Waals surface area contributed by atoms with Crippen molar-refractivity contribution in [1.82, 2.24) is 0 Å². The number of aliphatic imine (C=N–C) groups is 1. The molecule has 0 aliphatic heterocycles. The van der Waals surface area contributed by atoms with E-state index in [0.29, 0.717) is 0 Å². The van der Waals surface area contributed by atoms with Gasteiger partial charge in [0.1, 0.15) is 0 Å². The van der Waals surface area contributed by atoms with Gasteiger partial charge >= 0.3 is 0 Å². The van der Waals surface area contributed by atoms with E-state index in [9.17, 15) is 4.39 Å². The van der Waals surface area contributed by atoms with Crippen molar-refractivity contribution in [2.45, 2.75) is 20.8 Å². The summed E-state index contributed by atoms with van der Waals surface area (Å²) in [6.07, 6.45) is 1.50. The Morgan fingerprint density at radius 2 is 2.00 bits per heavy atom. The van der Waals surface area contributed by atoms with Gasteiger partial charge in [0, 0.05) is 6.21 Å². The van der Waals surface area contributed by atoms with Crippen LogP contribution in [0.1, 0.15) is 20.8 Å². The highest BCUT2D eigenvalue weighted by atomic mass is 19.1. The SMILES string of the molecule is C/C=N\C(C)=C(\F)C(C)=N. The molecule has 0 unspecified atom stereocenters. The van der Waals surface area contributed by atoms with Gasteiger partial charge in [-0.15, -0.1) is 0 Å². The Morgan fingerprint density at radius 3 is 2.30 bits per heavy atom. The van der Waals surface area contributed by atoms with E-state index in [1.54, 1.807) is 6.92 Å². The molecule has 1 N–H and O–H groups in total. The van der Waals surface area contributed by atoms with Gasteiger partial charge in [-0.1, -0.05) is 0 Å². The van der Waals surface area contributed by atoms with Crippen LogP contribution in [0, 0.1) is 5.41 Å². The first-order valence-electron chi connectivity index (χ1n) is 3.00. The van der Waals surface area contributed by atoms with Crippen LogP contribution in [0.5, 0.6) is 0 Å². The van der Waals surface area contributed by atoms with Crippen LogP contribution < -0.4 is 0 Å². The van der Waals surface area contributed by atoms with E-state index >= 15 is 0 Å². The maximum Gasteiger partial charge on any atom is 0.164 e. The number of allylic oxidation sites excluding steroid dienone is 2. The first-order chi connectivity index (χ1) is 4.59. The summed E-state index contributed by atoms with van der Waals surface area (Å²) in [5.74, 6) is -0.543. The van der Waals surface area contributed by atoms with E-state index in [2.05, 4.69) is 4.99 Å². The van der Waals surface area contributed by atoms with E-state index in [-0.39, 0.29) is 11.4 Å². The van der Waals surface area contributed by atoms with Crippen molar-refractivity contribution in [3.05, 3.63) is 11.5 Å². The van der Waals surface area contributed by atoms with Crippen molar-refractivity contribution in [2.24, 2.45) is 4.99 Å². The van der Waals surface area contributed by atoms with Crippen LogP contribution in [0.4, 0.5) is 4.39 Å². The number of hydrogen-bond donors (Lipinski definition) is 1. The molecule has 0 atom stereocenters. The summed E-state index contributed by atoms with van der Waals surface area (Å²) in [6.45, 7) is 4.63. The van der Waals surface area contributed by atoms with Gasteiger partial charge in [-0.25, -0.2) is 4.39 Å². The van der Waals surface area contributed by atoms with E-state index < -0.39 is 5.83 Å². The minimum Gasteiger partial charge on any atom is -0.302 e. The van der Waals surface area contributed by atoms with Gasteiger partial charge in [0.2, 0.25) is 0 Å². The number of rotatable bonds is 2. The highest BCUT2D eigenvalue weighted by Gasteiger charge is 2.00. The summed E-state index contributed by atoms with van der Waals surface area (Å²) in [5, 5.41) is 6.90. The summed E-state index contributed by atoms with van der Waals surface area (Å²) in [6, 6.07) is 0. The first-order valence-corrected chi connectivity index (χ1v) is 3.00. The second-order valence-electron chi connectivity index (χ2n) is 1.91. The van der Waals surface area contributed by atoms with Crippen molar-refractivity contribution in [3.63, 3.8) is 0 Å². The predicted molar refractivity (Wildman–Crippen MR) is 41.4 cm³/mol. The quantitative estimate of drug-likeness (QED) is 0.574. The summed E-state index contributed by atoms with van der Waals surface area (Å²) in [7, 11) is 0. The molecule has 3 heteroatoms. The van der Waals surface area contributed by atoms with Gasteiger partial charge in [0.05, 0.1) is 11.4 Å². The van der Waals surface area contributed by atoms with E-state index in [0.717, 1.165) is 0 Å². The number of nitrogens with one attached hydrogen (secondary N) is 1. The molecule has 10 heavy (non-hydrogen) atoms. The molecule has 0 aliphatic carbocycles. The fraction of sp³-hybridized carbons (Fsp3) is 0.429. The third-order valence-electron chi connectivity index (χ3n) is 0.970. The summed E-state index contributed by atoms with van der Waals surface area (Å²) in [4.78, 5) is 3.68. The minimum absolute atomic E-state index is 0.0805. The monoisotopic (exact) mass is 142 g/mol. The van der Waals surface area contributed by atoms with Gasteiger partial charge < -0.3 is 5.41 Å². The molecule has 0 saturated heterocycles. The fourth-order valence-electron chi connectivity index (χ4n) is 0.522. The van der Waals surface area contributed by atoms with Gasteiger partial charge in [-0.05, 0) is 20.8 Å². The third-order valence-corrected chi connectivity index (χ3v) is 0.970. The Morgan fingerprint density at radius 1 is 1.50 bits per heavy atom. The minimum atomic E-state index is -0.543. The zero-order chi connectivity index (χ0) is 8.15. The Balaban J connectivity index is 4.50. The molecule has 0 fully saturated rings. The molecular weight excluding hydrogens is 131 g/mol. The van der Waals surface area contributed by atoms with Crippen LogP contribution in [0.25, 0.3) is 0 Å². The first kappa shape index (κ1) is 9.01. The summed E-state index contributed by atoms with van der Waals surface area (Å²) in [5.41, 5.74) is 0.179. The maximum absolute atomic E-state index is 12.6. The summed E-state index contributed by atoms with van der Waals surface area (Å²) < 4.78 is 12.6. The van der Waals surface area contributed by atoms with Crippen LogP contribution in [-0.2, 0) is 0 Å². The molecule has 56 valence electrons. The molecular formula is C7H11FN2. The predicted octanol–water partition coefficient (Wildman–Crippen LogP) is 2.32. The lowest BCUT2D eigenvalue weighted by molar-refractivity contribution is 0.665. The van der Waals surface area contributed by atoms with Crippen molar-refractivity contribution in [1.29, 1.82) is 5.41 Å². The average Bonchev–Trinajstić information content (AvgIpc) is 1.87. The third kappa shape index (κ3) is 2.53. The standard InChI is InChI=1S/C7H11FN2/c1-4-10-6(3)7(8)5(2)9/h4,9H,1-3H3/b7-6+,9-5?,10-4-. The molecule has 0 rings (SSSR count). The molecule has 0 saturated carbocycles. The lowest BCUT2D eigenvalue weighted by Crippen LogP contribution is -1.91. The van der Waals surface area contributed by atoms with Crippen LogP contribution in [0.15, 0.2) is 16.5 Å². The largest absolute Gasteiger partial charge is 0.302 e. The Bertz CT molecular complexity index is 192. The number of hydrogen-bond acceptors (Lipinski definition) is 2. The molecule has 2 nitrogen and oxygen atoms in total. The van der Waals surface area contributed by atoms with Crippen LogP contribution in [-0.4, -0.2) is 11.9 Å². The van der Waals surface area contributed by atoms with Gasteiger partial charge in [0.15, 0.2) is 5.83 Å². The van der Waals surface area contributed by atoms with Crippen molar-refractivity contribution in [3.8, 4) is 0 Å². The van der Waals surface area contributed by atoms with E-state index in [1.807, 2.05) is 0 Å². The van der Waals surface area contributed by atoms with Gasteiger partial charge in [-0.3, -0.25) is 4.99 Å². The zero-order valence-electron chi connectivity index (χ0n) is 6.40. The maximum atomic E-state index is 12.6. The van der Waals surface area contributed by atoms with E-state index in [4.69, 9.17) is 5.41 Å². The van der Waals surface area contributed by atoms with Gasteiger partial charge in [0.25, 0.3) is 0 Å². The molecule has 0 spiro atoms. The highest BCUT2D eigenvalue weighted by Crippen LogP contribution is 2.07. The Labute approximate surface area is 60.0 Å². The van der Waals surface area contributed by atoms with Crippen molar-refractivity contribution in [2.75, 3.05) is 0 Å². The lowest BCUT2D eigenvalue weighted by atomic mass is 10.3. The van der Waals surface area contributed by atoms with Crippen LogP contribution >= 0.6 is 0 Å². The smallest absolute Gasteiger partial charge is 0.164 e. The molecule has 0 aromatic rings. The molecule has 0 radical (unpaired) electrons.